The minimum Gasteiger partial charge on any atom is -0.494 e. The van der Waals surface area contributed by atoms with Gasteiger partial charge in [-0.2, -0.15) is 0 Å². The molecule has 0 saturated heterocycles. The van der Waals surface area contributed by atoms with Crippen molar-refractivity contribution in [2.24, 2.45) is 5.73 Å². The van der Waals surface area contributed by atoms with Crippen LogP contribution in [0.3, 0.4) is 0 Å². The number of benzene rings is 2. The predicted molar refractivity (Wildman–Crippen MR) is 85.4 cm³/mol. The monoisotopic (exact) mass is 278 g/mol. The zero-order valence-corrected chi connectivity index (χ0v) is 12.0. The summed E-state index contributed by atoms with van der Waals surface area (Å²) in [6.07, 6.45) is 1.80. The van der Waals surface area contributed by atoms with Crippen LogP contribution in [0.25, 0.3) is 10.9 Å². The lowest BCUT2D eigenvalue weighted by molar-refractivity contribution is 0.335. The lowest BCUT2D eigenvalue weighted by Gasteiger charge is -2.18. The molecular formula is C18H18N2O. The molecule has 3 nitrogen and oxygen atoms in total. The van der Waals surface area contributed by atoms with E-state index in [0.29, 0.717) is 6.61 Å². The zero-order valence-electron chi connectivity index (χ0n) is 12.0. The van der Waals surface area contributed by atoms with Crippen LogP contribution in [0.4, 0.5) is 0 Å². The normalized spacial score (nSPS) is 12.3. The maximum Gasteiger partial charge on any atom is 0.124 e. The summed E-state index contributed by atoms with van der Waals surface area (Å²) in [6, 6.07) is 17.7. The number of hydrogen-bond acceptors (Lipinski definition) is 3. The van der Waals surface area contributed by atoms with E-state index in [1.54, 1.807) is 6.20 Å². The summed E-state index contributed by atoms with van der Waals surface area (Å²) in [7, 11) is 0. The van der Waals surface area contributed by atoms with Crippen LogP contribution in [-0.4, -0.2) is 11.6 Å². The molecule has 1 aromatic heterocycles. The number of para-hydroxylation sites is 2. The summed E-state index contributed by atoms with van der Waals surface area (Å²) < 4.78 is 5.69. The molecule has 0 spiro atoms. The van der Waals surface area contributed by atoms with Crippen LogP contribution >= 0.6 is 0 Å². The van der Waals surface area contributed by atoms with Crippen molar-refractivity contribution in [3.63, 3.8) is 0 Å². The van der Waals surface area contributed by atoms with E-state index in [1.807, 2.05) is 61.5 Å². The van der Waals surface area contributed by atoms with Gasteiger partial charge >= 0.3 is 0 Å². The Hall–Kier alpha value is -2.39. The number of fused-ring (bicyclic) bond motifs is 1. The molecule has 0 aliphatic carbocycles. The molecule has 0 radical (unpaired) electrons. The molecule has 1 atom stereocenters. The van der Waals surface area contributed by atoms with Crippen molar-refractivity contribution >= 4 is 10.9 Å². The molecule has 0 bridgehead atoms. The summed E-state index contributed by atoms with van der Waals surface area (Å²) >= 11 is 0. The second kappa shape index (κ2) is 5.94. The molecule has 0 saturated carbocycles. The van der Waals surface area contributed by atoms with E-state index in [9.17, 15) is 0 Å². The van der Waals surface area contributed by atoms with E-state index in [1.165, 1.54) is 0 Å². The van der Waals surface area contributed by atoms with Gasteiger partial charge in [0.15, 0.2) is 0 Å². The fraction of sp³-hybridized carbons (Fsp3) is 0.167. The number of nitrogens with zero attached hydrogens (tertiary/aromatic N) is 1. The maximum absolute atomic E-state index is 6.49. The standard InChI is InChI=1S/C18H18N2O/c1-2-21-16-11-4-3-9-14(16)17(19)15-10-5-7-13-8-6-12-20-18(13)15/h3-12,17H,2,19H2,1H3. The summed E-state index contributed by atoms with van der Waals surface area (Å²) in [4.78, 5) is 4.48. The van der Waals surface area contributed by atoms with E-state index in [-0.39, 0.29) is 6.04 Å². The fourth-order valence-electron chi connectivity index (χ4n) is 2.57. The van der Waals surface area contributed by atoms with Crippen LogP contribution in [-0.2, 0) is 0 Å². The van der Waals surface area contributed by atoms with E-state index >= 15 is 0 Å². The van der Waals surface area contributed by atoms with E-state index in [0.717, 1.165) is 27.8 Å². The molecular weight excluding hydrogens is 260 g/mol. The smallest absolute Gasteiger partial charge is 0.124 e. The van der Waals surface area contributed by atoms with Gasteiger partial charge in [-0.3, -0.25) is 4.98 Å². The van der Waals surface area contributed by atoms with Crippen molar-refractivity contribution in [2.75, 3.05) is 6.61 Å². The van der Waals surface area contributed by atoms with Crippen LogP contribution in [0.1, 0.15) is 24.1 Å². The zero-order chi connectivity index (χ0) is 14.7. The van der Waals surface area contributed by atoms with Crippen molar-refractivity contribution in [3.05, 3.63) is 71.9 Å². The van der Waals surface area contributed by atoms with Gasteiger partial charge in [-0.05, 0) is 24.6 Å². The van der Waals surface area contributed by atoms with Gasteiger partial charge in [0.25, 0.3) is 0 Å². The highest BCUT2D eigenvalue weighted by Crippen LogP contribution is 2.31. The second-order valence-electron chi connectivity index (χ2n) is 4.87. The van der Waals surface area contributed by atoms with Gasteiger partial charge in [0.2, 0.25) is 0 Å². The van der Waals surface area contributed by atoms with E-state index in [4.69, 9.17) is 10.5 Å². The first-order chi connectivity index (χ1) is 10.3. The van der Waals surface area contributed by atoms with E-state index < -0.39 is 0 Å². The Kier molecular flexibility index (Phi) is 3.84. The van der Waals surface area contributed by atoms with Gasteiger partial charge in [-0.25, -0.2) is 0 Å². The number of ether oxygens (including phenoxy) is 1. The molecule has 0 aliphatic rings. The number of pyridine rings is 1. The summed E-state index contributed by atoms with van der Waals surface area (Å²) in [5.41, 5.74) is 9.43. The average molecular weight is 278 g/mol. The highest BCUT2D eigenvalue weighted by atomic mass is 16.5. The number of nitrogens with two attached hydrogens (primary N) is 1. The third-order valence-electron chi connectivity index (χ3n) is 3.55. The van der Waals surface area contributed by atoms with Gasteiger partial charge in [-0.15, -0.1) is 0 Å². The van der Waals surface area contributed by atoms with Gasteiger partial charge in [-0.1, -0.05) is 42.5 Å². The summed E-state index contributed by atoms with van der Waals surface area (Å²) in [5, 5.41) is 1.10. The molecule has 21 heavy (non-hydrogen) atoms. The predicted octanol–water partition coefficient (Wildman–Crippen LogP) is 3.68. The fourth-order valence-corrected chi connectivity index (χ4v) is 2.57. The lowest BCUT2D eigenvalue weighted by atomic mass is 9.96. The average Bonchev–Trinajstić information content (AvgIpc) is 2.54. The third-order valence-corrected chi connectivity index (χ3v) is 3.55. The molecule has 2 aromatic carbocycles. The van der Waals surface area contributed by atoms with E-state index in [2.05, 4.69) is 4.98 Å². The molecule has 0 aliphatic heterocycles. The first-order valence-corrected chi connectivity index (χ1v) is 7.12. The molecule has 2 N–H and O–H groups in total. The lowest BCUT2D eigenvalue weighted by Crippen LogP contribution is -2.14. The maximum atomic E-state index is 6.49. The molecule has 0 fully saturated rings. The van der Waals surface area contributed by atoms with Crippen molar-refractivity contribution in [3.8, 4) is 5.75 Å². The Morgan fingerprint density at radius 2 is 1.76 bits per heavy atom. The molecule has 3 aromatic rings. The first-order valence-electron chi connectivity index (χ1n) is 7.12. The van der Waals surface area contributed by atoms with Crippen LogP contribution in [0, 0.1) is 0 Å². The molecule has 3 rings (SSSR count). The second-order valence-corrected chi connectivity index (χ2v) is 4.87. The van der Waals surface area contributed by atoms with Crippen LogP contribution in [0.5, 0.6) is 5.75 Å². The Labute approximate surface area is 124 Å². The quantitative estimate of drug-likeness (QED) is 0.792. The minimum atomic E-state index is -0.258. The van der Waals surface area contributed by atoms with Crippen LogP contribution < -0.4 is 10.5 Å². The Balaban J connectivity index is 2.11. The largest absolute Gasteiger partial charge is 0.494 e. The Bertz CT molecular complexity index is 750. The topological polar surface area (TPSA) is 48.1 Å². The Morgan fingerprint density at radius 3 is 2.62 bits per heavy atom. The summed E-state index contributed by atoms with van der Waals surface area (Å²) in [6.45, 7) is 2.60. The van der Waals surface area contributed by atoms with Gasteiger partial charge in [0, 0.05) is 17.1 Å². The number of aromatic nitrogens is 1. The third kappa shape index (κ3) is 2.60. The van der Waals surface area contributed by atoms with Crippen LogP contribution in [0.2, 0.25) is 0 Å². The molecule has 1 unspecified atom stereocenters. The molecule has 0 amide bonds. The molecule has 106 valence electrons. The SMILES string of the molecule is CCOc1ccccc1C(N)c1cccc2cccnc12. The molecule has 3 heteroatoms. The van der Waals surface area contributed by atoms with Crippen molar-refractivity contribution in [2.45, 2.75) is 13.0 Å². The summed E-state index contributed by atoms with van der Waals surface area (Å²) in [5.74, 6) is 0.834. The minimum absolute atomic E-state index is 0.258. The van der Waals surface area contributed by atoms with Gasteiger partial charge in [0.1, 0.15) is 5.75 Å². The number of hydrogen-bond donors (Lipinski definition) is 1. The van der Waals surface area contributed by atoms with Crippen LogP contribution in [0.15, 0.2) is 60.8 Å². The van der Waals surface area contributed by atoms with Gasteiger partial charge < -0.3 is 10.5 Å². The highest BCUT2D eigenvalue weighted by Gasteiger charge is 2.16. The highest BCUT2D eigenvalue weighted by molar-refractivity contribution is 5.82. The Morgan fingerprint density at radius 1 is 1.00 bits per heavy atom. The van der Waals surface area contributed by atoms with Gasteiger partial charge in [0.05, 0.1) is 18.2 Å². The first kappa shape index (κ1) is 13.6. The van der Waals surface area contributed by atoms with Crippen molar-refractivity contribution < 1.29 is 4.74 Å². The van der Waals surface area contributed by atoms with Crippen molar-refractivity contribution in [1.29, 1.82) is 0 Å². The molecule has 1 heterocycles. The van der Waals surface area contributed by atoms with Crippen molar-refractivity contribution in [1.82, 2.24) is 4.98 Å². The number of rotatable bonds is 4.